The Hall–Kier alpha value is -1.12. The quantitative estimate of drug-likeness (QED) is 0.557. The third-order valence-electron chi connectivity index (χ3n) is 3.41. The van der Waals surface area contributed by atoms with Gasteiger partial charge in [0.1, 0.15) is 0 Å². The number of aryl methyl sites for hydroxylation is 2. The number of rotatable bonds is 6. The lowest BCUT2D eigenvalue weighted by atomic mass is 10.2. The molecule has 0 fully saturated rings. The summed E-state index contributed by atoms with van der Waals surface area (Å²) >= 11 is 10.2. The smallest absolute Gasteiger partial charge is 0.230 e. The van der Waals surface area contributed by atoms with E-state index in [9.17, 15) is 4.79 Å². The van der Waals surface area contributed by atoms with Crippen LogP contribution in [0.15, 0.2) is 21.5 Å². The summed E-state index contributed by atoms with van der Waals surface area (Å²) in [6.07, 6.45) is 0. The van der Waals surface area contributed by atoms with Gasteiger partial charge in [-0.1, -0.05) is 15.9 Å². The molecule has 0 aliphatic rings. The number of hydrogen-bond acceptors (Lipinski definition) is 4. The summed E-state index contributed by atoms with van der Waals surface area (Å²) in [5.74, 6) is 1.09. The molecular formula is C15H19BrN4OS2. The maximum atomic E-state index is 12.0. The van der Waals surface area contributed by atoms with Gasteiger partial charge in [0.2, 0.25) is 5.91 Å². The predicted molar refractivity (Wildman–Crippen MR) is 99.3 cm³/mol. The Morgan fingerprint density at radius 2 is 2.17 bits per heavy atom. The second-order valence-electron chi connectivity index (χ2n) is 5.12. The van der Waals surface area contributed by atoms with E-state index in [0.29, 0.717) is 17.1 Å². The second-order valence-corrected chi connectivity index (χ2v) is 7.38. The number of nitrogens with zero attached hydrogens (tertiary/aromatic N) is 2. The molecule has 1 aromatic heterocycles. The van der Waals surface area contributed by atoms with E-state index in [1.807, 2.05) is 25.3 Å². The third kappa shape index (κ3) is 4.68. The van der Waals surface area contributed by atoms with Gasteiger partial charge < -0.3 is 9.88 Å². The van der Waals surface area contributed by atoms with Gasteiger partial charge in [0.25, 0.3) is 0 Å². The van der Waals surface area contributed by atoms with E-state index in [1.165, 1.54) is 11.8 Å². The highest BCUT2D eigenvalue weighted by atomic mass is 79.9. The highest BCUT2D eigenvalue weighted by Crippen LogP contribution is 2.28. The number of aromatic amines is 1. The average molecular weight is 415 g/mol. The SMILES string of the molecule is CCn1c(CNC(=O)CSc2cc(C)c(Br)cc2C)n[nH]c1=S. The summed E-state index contributed by atoms with van der Waals surface area (Å²) in [6.45, 7) is 7.18. The fourth-order valence-corrected chi connectivity index (χ4v) is 3.77. The van der Waals surface area contributed by atoms with Crippen molar-refractivity contribution < 1.29 is 4.79 Å². The number of thioether (sulfide) groups is 1. The number of nitrogens with one attached hydrogen (secondary N) is 2. The zero-order valence-electron chi connectivity index (χ0n) is 13.3. The van der Waals surface area contributed by atoms with Gasteiger partial charge in [-0.15, -0.1) is 11.8 Å². The van der Waals surface area contributed by atoms with Crippen molar-refractivity contribution in [2.75, 3.05) is 5.75 Å². The van der Waals surface area contributed by atoms with Crippen molar-refractivity contribution in [1.82, 2.24) is 20.1 Å². The second kappa shape index (κ2) is 8.12. The van der Waals surface area contributed by atoms with Crippen LogP contribution in [-0.2, 0) is 17.9 Å². The molecule has 2 rings (SSSR count). The van der Waals surface area contributed by atoms with Gasteiger partial charge in [-0.2, -0.15) is 5.10 Å². The minimum Gasteiger partial charge on any atom is -0.348 e. The number of hydrogen-bond donors (Lipinski definition) is 2. The molecule has 1 heterocycles. The monoisotopic (exact) mass is 414 g/mol. The van der Waals surface area contributed by atoms with Crippen LogP contribution >= 0.6 is 39.9 Å². The Morgan fingerprint density at radius 1 is 1.43 bits per heavy atom. The molecule has 0 aliphatic carbocycles. The lowest BCUT2D eigenvalue weighted by molar-refractivity contribution is -0.118. The molecule has 0 atom stereocenters. The number of benzene rings is 1. The Labute approximate surface area is 153 Å². The summed E-state index contributed by atoms with van der Waals surface area (Å²) in [6, 6.07) is 4.17. The van der Waals surface area contributed by atoms with E-state index >= 15 is 0 Å². The Morgan fingerprint density at radius 3 is 2.87 bits per heavy atom. The summed E-state index contributed by atoms with van der Waals surface area (Å²) in [5.41, 5.74) is 2.32. The third-order valence-corrected chi connectivity index (χ3v) is 5.74. The molecule has 0 aliphatic heterocycles. The summed E-state index contributed by atoms with van der Waals surface area (Å²) in [4.78, 5) is 13.2. The first-order valence-corrected chi connectivity index (χ1v) is 9.41. The van der Waals surface area contributed by atoms with Gasteiger partial charge in [-0.3, -0.25) is 9.89 Å². The van der Waals surface area contributed by atoms with Crippen LogP contribution in [0.3, 0.4) is 0 Å². The zero-order chi connectivity index (χ0) is 17.0. The largest absolute Gasteiger partial charge is 0.348 e. The molecule has 0 unspecified atom stereocenters. The Bertz CT molecular complexity index is 769. The Kier molecular flexibility index (Phi) is 6.43. The number of carbonyl (C=O) groups is 1. The van der Waals surface area contributed by atoms with E-state index in [0.717, 1.165) is 32.9 Å². The van der Waals surface area contributed by atoms with Crippen molar-refractivity contribution in [3.05, 3.63) is 38.3 Å². The van der Waals surface area contributed by atoms with Crippen molar-refractivity contribution >= 4 is 45.8 Å². The van der Waals surface area contributed by atoms with Crippen LogP contribution in [0.4, 0.5) is 0 Å². The van der Waals surface area contributed by atoms with E-state index in [2.05, 4.69) is 43.6 Å². The van der Waals surface area contributed by atoms with Crippen molar-refractivity contribution in [3.63, 3.8) is 0 Å². The van der Waals surface area contributed by atoms with Crippen molar-refractivity contribution in [2.45, 2.75) is 38.8 Å². The lowest BCUT2D eigenvalue weighted by Gasteiger charge is -2.09. The van der Waals surface area contributed by atoms with Gasteiger partial charge in [0.15, 0.2) is 10.6 Å². The van der Waals surface area contributed by atoms with Gasteiger partial charge in [0, 0.05) is 15.9 Å². The van der Waals surface area contributed by atoms with Crippen LogP contribution < -0.4 is 5.32 Å². The molecule has 1 aromatic carbocycles. The van der Waals surface area contributed by atoms with Crippen LogP contribution in [0.1, 0.15) is 23.9 Å². The molecule has 1 amide bonds. The molecule has 8 heteroatoms. The van der Waals surface area contributed by atoms with E-state index in [-0.39, 0.29) is 5.91 Å². The minimum absolute atomic E-state index is 0.0217. The van der Waals surface area contributed by atoms with E-state index < -0.39 is 0 Å². The van der Waals surface area contributed by atoms with Gasteiger partial charge in [-0.05, 0) is 56.2 Å². The first-order chi connectivity index (χ1) is 10.9. The van der Waals surface area contributed by atoms with Gasteiger partial charge >= 0.3 is 0 Å². The molecular weight excluding hydrogens is 396 g/mol. The normalized spacial score (nSPS) is 10.8. The number of aromatic nitrogens is 3. The van der Waals surface area contributed by atoms with Crippen LogP contribution in [-0.4, -0.2) is 26.4 Å². The highest BCUT2D eigenvalue weighted by Gasteiger charge is 2.09. The van der Waals surface area contributed by atoms with Gasteiger partial charge in [0.05, 0.1) is 12.3 Å². The first kappa shape index (κ1) is 18.2. The first-order valence-electron chi connectivity index (χ1n) is 7.22. The van der Waals surface area contributed by atoms with Crippen LogP contribution in [0, 0.1) is 18.6 Å². The number of H-pyrrole nitrogens is 1. The predicted octanol–water partition coefficient (Wildman–Crippen LogP) is 3.75. The van der Waals surface area contributed by atoms with Crippen LogP contribution in [0.2, 0.25) is 0 Å². The highest BCUT2D eigenvalue weighted by molar-refractivity contribution is 9.10. The topological polar surface area (TPSA) is 62.7 Å². The van der Waals surface area contributed by atoms with Crippen molar-refractivity contribution in [3.8, 4) is 0 Å². The standard InChI is InChI=1S/C15H19BrN4OS2/c1-4-20-13(18-19-15(20)22)7-17-14(21)8-23-12-6-9(2)11(16)5-10(12)3/h5-6H,4,7-8H2,1-3H3,(H,17,21)(H,19,22). The van der Waals surface area contributed by atoms with Gasteiger partial charge in [-0.25, -0.2) is 0 Å². The maximum Gasteiger partial charge on any atom is 0.230 e. The average Bonchev–Trinajstić information content (AvgIpc) is 2.87. The molecule has 0 radical (unpaired) electrons. The van der Waals surface area contributed by atoms with E-state index in [4.69, 9.17) is 12.2 Å². The molecule has 5 nitrogen and oxygen atoms in total. The fourth-order valence-electron chi connectivity index (χ4n) is 2.09. The number of carbonyl (C=O) groups excluding carboxylic acids is 1. The van der Waals surface area contributed by atoms with Crippen molar-refractivity contribution in [1.29, 1.82) is 0 Å². The number of halogens is 1. The summed E-state index contributed by atoms with van der Waals surface area (Å²) in [5, 5.41) is 9.76. The molecule has 2 N–H and O–H groups in total. The van der Waals surface area contributed by atoms with E-state index in [1.54, 1.807) is 0 Å². The minimum atomic E-state index is -0.0217. The lowest BCUT2D eigenvalue weighted by Crippen LogP contribution is -2.26. The van der Waals surface area contributed by atoms with Crippen LogP contribution in [0.5, 0.6) is 0 Å². The molecule has 124 valence electrons. The zero-order valence-corrected chi connectivity index (χ0v) is 16.5. The summed E-state index contributed by atoms with van der Waals surface area (Å²) in [7, 11) is 0. The molecule has 0 bridgehead atoms. The number of amides is 1. The molecule has 0 spiro atoms. The molecule has 23 heavy (non-hydrogen) atoms. The summed E-state index contributed by atoms with van der Waals surface area (Å²) < 4.78 is 3.53. The molecule has 2 aromatic rings. The Balaban J connectivity index is 1.91. The van der Waals surface area contributed by atoms with Crippen molar-refractivity contribution in [2.24, 2.45) is 0 Å². The fraction of sp³-hybridized carbons (Fsp3) is 0.400. The maximum absolute atomic E-state index is 12.0. The molecule has 0 saturated carbocycles. The van der Waals surface area contributed by atoms with Crippen LogP contribution in [0.25, 0.3) is 0 Å². The molecule has 0 saturated heterocycles.